The molecule has 0 aliphatic rings. The molecule has 18 heavy (non-hydrogen) atoms. The topological polar surface area (TPSA) is 69.2 Å². The van der Waals surface area contributed by atoms with Crippen LogP contribution in [0.15, 0.2) is 0 Å². The van der Waals surface area contributed by atoms with Crippen molar-refractivity contribution in [2.24, 2.45) is 0 Å². The van der Waals surface area contributed by atoms with Gasteiger partial charge in [-0.15, -0.1) is 16.6 Å². The monoisotopic (exact) mass is 274 g/mol. The third kappa shape index (κ3) is 5.35. The van der Waals surface area contributed by atoms with Gasteiger partial charge >= 0.3 is 12.0 Å². The van der Waals surface area contributed by atoms with Gasteiger partial charge in [0.1, 0.15) is 0 Å². The van der Waals surface area contributed by atoms with Crippen LogP contribution in [0.1, 0.15) is 25.7 Å². The SMILES string of the molecule is COc1nc(NCCCCCCCl)nc(OC)n1. The van der Waals surface area contributed by atoms with Gasteiger partial charge in [0.05, 0.1) is 14.2 Å². The lowest BCUT2D eigenvalue weighted by molar-refractivity contribution is 0.341. The Hall–Kier alpha value is -1.30. The van der Waals surface area contributed by atoms with Crippen molar-refractivity contribution in [3.63, 3.8) is 0 Å². The van der Waals surface area contributed by atoms with E-state index in [1.54, 1.807) is 0 Å². The Balaban J connectivity index is 2.36. The van der Waals surface area contributed by atoms with Crippen molar-refractivity contribution < 1.29 is 9.47 Å². The van der Waals surface area contributed by atoms with Gasteiger partial charge in [-0.3, -0.25) is 0 Å². The van der Waals surface area contributed by atoms with Crippen molar-refractivity contribution in [2.45, 2.75) is 25.7 Å². The maximum Gasteiger partial charge on any atom is 0.324 e. The minimum Gasteiger partial charge on any atom is -0.467 e. The van der Waals surface area contributed by atoms with Gasteiger partial charge in [0.25, 0.3) is 0 Å². The first-order valence-electron chi connectivity index (χ1n) is 5.94. The number of hydrogen-bond donors (Lipinski definition) is 1. The second kappa shape index (κ2) is 8.74. The van der Waals surface area contributed by atoms with Crippen LogP contribution in [-0.2, 0) is 0 Å². The number of ether oxygens (including phenoxy) is 2. The van der Waals surface area contributed by atoms with Gasteiger partial charge < -0.3 is 14.8 Å². The van der Waals surface area contributed by atoms with Gasteiger partial charge in [0.15, 0.2) is 0 Å². The first kappa shape index (κ1) is 14.8. The Morgan fingerprint density at radius 3 is 2.11 bits per heavy atom. The summed E-state index contributed by atoms with van der Waals surface area (Å²) in [6, 6.07) is 0.484. The number of halogens is 1. The molecule has 0 unspecified atom stereocenters. The summed E-state index contributed by atoms with van der Waals surface area (Å²) in [5.74, 6) is 1.20. The van der Waals surface area contributed by atoms with E-state index < -0.39 is 0 Å². The van der Waals surface area contributed by atoms with E-state index in [2.05, 4.69) is 20.3 Å². The van der Waals surface area contributed by atoms with E-state index in [4.69, 9.17) is 21.1 Å². The van der Waals surface area contributed by atoms with E-state index in [0.29, 0.717) is 5.95 Å². The molecule has 0 aromatic carbocycles. The maximum absolute atomic E-state index is 5.61. The number of nitrogens with one attached hydrogen (secondary N) is 1. The molecule has 6 nitrogen and oxygen atoms in total. The molecule has 0 radical (unpaired) electrons. The van der Waals surface area contributed by atoms with Gasteiger partial charge in [-0.05, 0) is 12.8 Å². The fraction of sp³-hybridized carbons (Fsp3) is 0.727. The molecule has 0 atom stereocenters. The number of alkyl halides is 1. The van der Waals surface area contributed by atoms with Crippen molar-refractivity contribution in [1.29, 1.82) is 0 Å². The highest BCUT2D eigenvalue weighted by Gasteiger charge is 2.05. The van der Waals surface area contributed by atoms with Gasteiger partial charge in [-0.2, -0.15) is 9.97 Å². The predicted molar refractivity (Wildman–Crippen MR) is 70.6 cm³/mol. The average Bonchev–Trinajstić information content (AvgIpc) is 2.42. The first-order valence-corrected chi connectivity index (χ1v) is 6.47. The number of unbranched alkanes of at least 4 members (excludes halogenated alkanes) is 3. The number of nitrogens with zero attached hydrogens (tertiary/aromatic N) is 3. The average molecular weight is 275 g/mol. The summed E-state index contributed by atoms with van der Waals surface area (Å²) in [6.07, 6.45) is 4.40. The Labute approximate surface area is 112 Å². The highest BCUT2D eigenvalue weighted by Crippen LogP contribution is 2.12. The molecule has 0 bridgehead atoms. The van der Waals surface area contributed by atoms with Crippen LogP contribution >= 0.6 is 11.6 Å². The number of methoxy groups -OCH3 is 2. The molecule has 0 saturated heterocycles. The number of hydrogen-bond acceptors (Lipinski definition) is 6. The smallest absolute Gasteiger partial charge is 0.324 e. The lowest BCUT2D eigenvalue weighted by Gasteiger charge is -2.07. The summed E-state index contributed by atoms with van der Waals surface area (Å²) in [4.78, 5) is 12.1. The van der Waals surface area contributed by atoms with Crippen molar-refractivity contribution in [1.82, 2.24) is 15.0 Å². The molecule has 1 aromatic heterocycles. The van der Waals surface area contributed by atoms with Crippen LogP contribution in [0.3, 0.4) is 0 Å². The van der Waals surface area contributed by atoms with Crippen molar-refractivity contribution in [3.05, 3.63) is 0 Å². The largest absolute Gasteiger partial charge is 0.467 e. The van der Waals surface area contributed by atoms with E-state index in [1.807, 2.05) is 0 Å². The minimum absolute atomic E-state index is 0.242. The van der Waals surface area contributed by atoms with Crippen LogP contribution < -0.4 is 14.8 Å². The molecule has 1 heterocycles. The summed E-state index contributed by atoms with van der Waals surface area (Å²) in [5.41, 5.74) is 0. The van der Waals surface area contributed by atoms with E-state index in [0.717, 1.165) is 38.1 Å². The number of anilines is 1. The molecule has 0 saturated carbocycles. The molecule has 1 N–H and O–H groups in total. The molecule has 0 spiro atoms. The molecule has 1 aromatic rings. The zero-order valence-electron chi connectivity index (χ0n) is 10.8. The van der Waals surface area contributed by atoms with E-state index in [1.165, 1.54) is 14.2 Å². The van der Waals surface area contributed by atoms with E-state index >= 15 is 0 Å². The van der Waals surface area contributed by atoms with Crippen LogP contribution in [-0.4, -0.2) is 41.6 Å². The van der Waals surface area contributed by atoms with Crippen molar-refractivity contribution in [2.75, 3.05) is 32.0 Å². The van der Waals surface area contributed by atoms with Crippen LogP contribution in [0.2, 0.25) is 0 Å². The highest BCUT2D eigenvalue weighted by molar-refractivity contribution is 6.17. The van der Waals surface area contributed by atoms with Gasteiger partial charge in [0, 0.05) is 12.4 Å². The van der Waals surface area contributed by atoms with Crippen LogP contribution in [0.4, 0.5) is 5.95 Å². The van der Waals surface area contributed by atoms with E-state index in [-0.39, 0.29) is 12.0 Å². The number of rotatable bonds is 9. The Kier molecular flexibility index (Phi) is 7.17. The van der Waals surface area contributed by atoms with Crippen molar-refractivity contribution in [3.8, 4) is 12.0 Å². The number of aromatic nitrogens is 3. The fourth-order valence-corrected chi connectivity index (χ4v) is 1.56. The molecular weight excluding hydrogens is 256 g/mol. The normalized spacial score (nSPS) is 10.2. The summed E-state index contributed by atoms with van der Waals surface area (Å²) >= 11 is 5.61. The summed E-state index contributed by atoms with van der Waals surface area (Å²) in [6.45, 7) is 0.804. The van der Waals surface area contributed by atoms with Crippen LogP contribution in [0, 0.1) is 0 Å². The maximum atomic E-state index is 5.61. The highest BCUT2D eigenvalue weighted by atomic mass is 35.5. The fourth-order valence-electron chi connectivity index (χ4n) is 1.37. The molecule has 7 heteroatoms. The predicted octanol–water partition coefficient (Wildman–Crippen LogP) is 2.10. The van der Waals surface area contributed by atoms with Gasteiger partial charge in [0.2, 0.25) is 5.95 Å². The lowest BCUT2D eigenvalue weighted by Crippen LogP contribution is -2.08. The molecule has 0 fully saturated rings. The zero-order chi connectivity index (χ0) is 13.2. The molecular formula is C11H19ClN4O2. The summed E-state index contributed by atoms with van der Waals surface area (Å²) in [7, 11) is 3.01. The Bertz CT molecular complexity index is 330. The molecule has 0 amide bonds. The van der Waals surface area contributed by atoms with E-state index in [9.17, 15) is 0 Å². The third-order valence-corrected chi connectivity index (χ3v) is 2.57. The Morgan fingerprint density at radius 1 is 0.944 bits per heavy atom. The standard InChI is InChI=1S/C11H19ClN4O2/c1-17-10-14-9(15-11(16-10)18-2)13-8-6-4-3-5-7-12/h3-8H2,1-2H3,(H,13,14,15,16). The third-order valence-electron chi connectivity index (χ3n) is 2.30. The first-order chi connectivity index (χ1) is 8.80. The Morgan fingerprint density at radius 2 is 1.56 bits per heavy atom. The van der Waals surface area contributed by atoms with Gasteiger partial charge in [-0.25, -0.2) is 0 Å². The second-order valence-corrected chi connectivity index (χ2v) is 4.04. The van der Waals surface area contributed by atoms with Crippen LogP contribution in [0.25, 0.3) is 0 Å². The minimum atomic E-state index is 0.242. The molecule has 1 rings (SSSR count). The molecule has 102 valence electrons. The molecule has 0 aliphatic heterocycles. The summed E-state index contributed by atoms with van der Waals surface area (Å²) < 4.78 is 9.92. The van der Waals surface area contributed by atoms with Crippen LogP contribution in [0.5, 0.6) is 12.0 Å². The second-order valence-electron chi connectivity index (χ2n) is 3.66. The lowest BCUT2D eigenvalue weighted by atomic mass is 10.2. The van der Waals surface area contributed by atoms with Gasteiger partial charge in [-0.1, -0.05) is 12.8 Å². The molecule has 0 aliphatic carbocycles. The van der Waals surface area contributed by atoms with Crippen molar-refractivity contribution >= 4 is 17.5 Å². The zero-order valence-corrected chi connectivity index (χ0v) is 11.5. The summed E-state index contributed by atoms with van der Waals surface area (Å²) in [5, 5.41) is 3.12. The quantitative estimate of drug-likeness (QED) is 0.549.